The van der Waals surface area contributed by atoms with Gasteiger partial charge in [0.15, 0.2) is 0 Å². The highest BCUT2D eigenvalue weighted by Gasteiger charge is 2.22. The maximum absolute atomic E-state index is 12.8. The van der Waals surface area contributed by atoms with Crippen LogP contribution in [-0.2, 0) is 0 Å². The van der Waals surface area contributed by atoms with Crippen LogP contribution in [0, 0.1) is 0 Å². The van der Waals surface area contributed by atoms with Crippen molar-refractivity contribution in [1.29, 1.82) is 0 Å². The molecule has 168 valence electrons. The molecule has 1 aliphatic heterocycles. The van der Waals surface area contributed by atoms with E-state index in [2.05, 4.69) is 37.6 Å². The van der Waals surface area contributed by atoms with Crippen LogP contribution in [0.2, 0.25) is 10.0 Å². The molecule has 2 N–H and O–H groups in total. The number of ether oxygens (including phenoxy) is 1. The number of rotatable bonds is 6. The average molecular weight is 476 g/mol. The number of likely N-dealkylation sites (tertiary alicyclic amines) is 1. The highest BCUT2D eigenvalue weighted by Crippen LogP contribution is 2.31. The van der Waals surface area contributed by atoms with Gasteiger partial charge in [-0.2, -0.15) is 10.1 Å². The van der Waals surface area contributed by atoms with E-state index in [1.165, 1.54) is 13.3 Å². The number of piperidine rings is 1. The van der Waals surface area contributed by atoms with E-state index in [0.29, 0.717) is 27.7 Å². The third-order valence-corrected chi connectivity index (χ3v) is 5.97. The van der Waals surface area contributed by atoms with Crippen molar-refractivity contribution in [2.75, 3.05) is 37.9 Å². The number of nitrogens with zero attached hydrogens (tertiary/aromatic N) is 5. The molecule has 0 unspecified atom stereocenters. The number of carbonyl (C=O) groups is 1. The van der Waals surface area contributed by atoms with Gasteiger partial charge in [0.2, 0.25) is 11.8 Å². The zero-order valence-corrected chi connectivity index (χ0v) is 19.2. The smallest absolute Gasteiger partial charge is 0.262 e. The number of hydrogen-bond donors (Lipinski definition) is 2. The fourth-order valence-electron chi connectivity index (χ4n) is 3.59. The van der Waals surface area contributed by atoms with Crippen LogP contribution in [-0.4, -0.2) is 57.8 Å². The predicted octanol–water partition coefficient (Wildman–Crippen LogP) is 4.25. The number of carbonyl (C=O) groups excluding carboxylic acids is 1. The number of nitrogens with one attached hydrogen (secondary N) is 2. The lowest BCUT2D eigenvalue weighted by Gasteiger charge is -2.30. The molecule has 32 heavy (non-hydrogen) atoms. The Bertz CT molecular complexity index is 1090. The first-order chi connectivity index (χ1) is 15.5. The SMILES string of the molecule is COc1nc(Nc2ccnn2C2CCN(C)CC2)ncc1C(=O)Nc1c(Cl)cccc1Cl. The van der Waals surface area contributed by atoms with Crippen molar-refractivity contribution in [3.8, 4) is 5.88 Å². The number of aromatic nitrogens is 4. The van der Waals surface area contributed by atoms with E-state index in [1.807, 2.05) is 10.7 Å². The summed E-state index contributed by atoms with van der Waals surface area (Å²) in [5.74, 6) is 0.707. The molecule has 0 aliphatic carbocycles. The summed E-state index contributed by atoms with van der Waals surface area (Å²) < 4.78 is 7.30. The minimum atomic E-state index is -0.486. The lowest BCUT2D eigenvalue weighted by atomic mass is 10.1. The Hall–Kier alpha value is -2.88. The number of benzene rings is 1. The van der Waals surface area contributed by atoms with Crippen molar-refractivity contribution in [3.63, 3.8) is 0 Å². The summed E-state index contributed by atoms with van der Waals surface area (Å²) in [4.78, 5) is 23.7. The van der Waals surface area contributed by atoms with Gasteiger partial charge < -0.3 is 20.3 Å². The molecule has 1 amide bonds. The first-order valence-electron chi connectivity index (χ1n) is 10.1. The highest BCUT2D eigenvalue weighted by molar-refractivity contribution is 6.40. The summed E-state index contributed by atoms with van der Waals surface area (Å²) in [6.07, 6.45) is 5.17. The van der Waals surface area contributed by atoms with Crippen molar-refractivity contribution in [2.24, 2.45) is 0 Å². The quantitative estimate of drug-likeness (QED) is 0.549. The van der Waals surface area contributed by atoms with Crippen LogP contribution in [0.1, 0.15) is 29.2 Å². The number of halogens is 2. The third-order valence-electron chi connectivity index (χ3n) is 5.34. The van der Waals surface area contributed by atoms with E-state index in [0.717, 1.165) is 31.7 Å². The molecule has 0 atom stereocenters. The molecule has 0 saturated carbocycles. The Balaban J connectivity index is 1.52. The minimum absolute atomic E-state index is 0.119. The second-order valence-electron chi connectivity index (χ2n) is 7.49. The van der Waals surface area contributed by atoms with E-state index < -0.39 is 5.91 Å². The summed E-state index contributed by atoms with van der Waals surface area (Å²) in [5, 5.41) is 11.0. The largest absolute Gasteiger partial charge is 0.480 e. The second kappa shape index (κ2) is 9.72. The van der Waals surface area contributed by atoms with Crippen LogP contribution in [0.4, 0.5) is 17.5 Å². The zero-order valence-electron chi connectivity index (χ0n) is 17.7. The molecular formula is C21H23Cl2N7O2. The predicted molar refractivity (Wildman–Crippen MR) is 124 cm³/mol. The van der Waals surface area contributed by atoms with Crippen molar-refractivity contribution >= 4 is 46.6 Å². The van der Waals surface area contributed by atoms with Gasteiger partial charge in [0.05, 0.1) is 35.1 Å². The van der Waals surface area contributed by atoms with Gasteiger partial charge in [0, 0.05) is 12.3 Å². The summed E-state index contributed by atoms with van der Waals surface area (Å²) >= 11 is 12.3. The summed E-state index contributed by atoms with van der Waals surface area (Å²) in [6.45, 7) is 2.04. The van der Waals surface area contributed by atoms with Crippen LogP contribution in [0.5, 0.6) is 5.88 Å². The molecule has 0 spiro atoms. The first-order valence-corrected chi connectivity index (χ1v) is 10.9. The molecule has 1 fully saturated rings. The van der Waals surface area contributed by atoms with Crippen molar-refractivity contribution in [3.05, 3.63) is 52.3 Å². The zero-order chi connectivity index (χ0) is 22.7. The number of amides is 1. The molecule has 9 nitrogen and oxygen atoms in total. The van der Waals surface area contributed by atoms with E-state index in [-0.39, 0.29) is 11.4 Å². The van der Waals surface area contributed by atoms with Gasteiger partial charge >= 0.3 is 0 Å². The van der Waals surface area contributed by atoms with Gasteiger partial charge in [-0.25, -0.2) is 9.67 Å². The molecule has 3 aromatic rings. The maximum Gasteiger partial charge on any atom is 0.262 e. The lowest BCUT2D eigenvalue weighted by molar-refractivity contribution is 0.102. The first kappa shape index (κ1) is 22.3. The van der Waals surface area contributed by atoms with Gasteiger partial charge in [-0.05, 0) is 45.1 Å². The third kappa shape index (κ3) is 4.79. The lowest BCUT2D eigenvalue weighted by Crippen LogP contribution is -2.32. The summed E-state index contributed by atoms with van der Waals surface area (Å²) in [5.41, 5.74) is 0.463. The van der Waals surface area contributed by atoms with Crippen molar-refractivity contribution in [2.45, 2.75) is 18.9 Å². The van der Waals surface area contributed by atoms with Crippen LogP contribution in [0.25, 0.3) is 0 Å². The van der Waals surface area contributed by atoms with Crippen LogP contribution >= 0.6 is 23.2 Å². The fourth-order valence-corrected chi connectivity index (χ4v) is 4.09. The van der Waals surface area contributed by atoms with Gasteiger partial charge in [-0.3, -0.25) is 4.79 Å². The van der Waals surface area contributed by atoms with Gasteiger partial charge in [0.25, 0.3) is 5.91 Å². The number of hydrogen-bond acceptors (Lipinski definition) is 7. The molecule has 1 aromatic carbocycles. The van der Waals surface area contributed by atoms with E-state index in [1.54, 1.807) is 24.4 Å². The standard InChI is InChI=1S/C21H23Cl2N7O2/c1-29-10-7-13(8-11-29)30-17(6-9-25-30)26-21-24-12-14(20(28-21)32-2)19(31)27-18-15(22)4-3-5-16(18)23/h3-6,9,12-13H,7-8,10-11H2,1-2H3,(H,27,31)(H,24,26,28). The van der Waals surface area contributed by atoms with Gasteiger partial charge in [0.1, 0.15) is 11.4 Å². The normalized spacial score (nSPS) is 14.9. The molecule has 0 bridgehead atoms. The second-order valence-corrected chi connectivity index (χ2v) is 8.30. The molecule has 1 aliphatic rings. The molecule has 0 radical (unpaired) electrons. The summed E-state index contributed by atoms with van der Waals surface area (Å²) in [6, 6.07) is 7.14. The van der Waals surface area contributed by atoms with Gasteiger partial charge in [-0.15, -0.1) is 0 Å². The molecule has 11 heteroatoms. The Kier molecular flexibility index (Phi) is 6.78. The maximum atomic E-state index is 12.8. The summed E-state index contributed by atoms with van der Waals surface area (Å²) in [7, 11) is 3.56. The minimum Gasteiger partial charge on any atom is -0.480 e. The number of para-hydroxylation sites is 1. The Morgan fingerprint density at radius 2 is 1.91 bits per heavy atom. The van der Waals surface area contributed by atoms with E-state index in [9.17, 15) is 4.79 Å². The molecule has 4 rings (SSSR count). The average Bonchev–Trinajstić information content (AvgIpc) is 3.24. The van der Waals surface area contributed by atoms with E-state index in [4.69, 9.17) is 27.9 Å². The highest BCUT2D eigenvalue weighted by atomic mass is 35.5. The topological polar surface area (TPSA) is 97.2 Å². The Morgan fingerprint density at radius 3 is 2.59 bits per heavy atom. The molecule has 1 saturated heterocycles. The molecular weight excluding hydrogens is 453 g/mol. The van der Waals surface area contributed by atoms with Gasteiger partial charge in [-0.1, -0.05) is 29.3 Å². The Labute approximate surface area is 195 Å². The number of anilines is 3. The van der Waals surface area contributed by atoms with Crippen LogP contribution in [0.15, 0.2) is 36.7 Å². The molecule has 2 aromatic heterocycles. The van der Waals surface area contributed by atoms with E-state index >= 15 is 0 Å². The fraction of sp³-hybridized carbons (Fsp3) is 0.333. The van der Waals surface area contributed by atoms with Crippen LogP contribution in [0.3, 0.4) is 0 Å². The monoisotopic (exact) mass is 475 g/mol. The van der Waals surface area contributed by atoms with Crippen LogP contribution < -0.4 is 15.4 Å². The van der Waals surface area contributed by atoms with Crippen molar-refractivity contribution in [1.82, 2.24) is 24.6 Å². The Morgan fingerprint density at radius 1 is 1.19 bits per heavy atom. The molecule has 3 heterocycles. The van der Waals surface area contributed by atoms with Crippen molar-refractivity contribution < 1.29 is 9.53 Å². The number of methoxy groups -OCH3 is 1.